The second kappa shape index (κ2) is 3.95. The van der Waals surface area contributed by atoms with Crippen LogP contribution >= 0.6 is 0 Å². The summed E-state index contributed by atoms with van der Waals surface area (Å²) < 4.78 is 5.46. The molecule has 1 aromatic carbocycles. The first-order valence-corrected chi connectivity index (χ1v) is 6.31. The molecule has 3 heteroatoms. The van der Waals surface area contributed by atoms with Crippen molar-refractivity contribution in [1.82, 2.24) is 0 Å². The highest BCUT2D eigenvalue weighted by molar-refractivity contribution is 6.03. The van der Waals surface area contributed by atoms with Gasteiger partial charge in [0.25, 0.3) is 0 Å². The van der Waals surface area contributed by atoms with Gasteiger partial charge in [-0.05, 0) is 36.5 Å². The van der Waals surface area contributed by atoms with E-state index in [1.54, 1.807) is 6.26 Å². The number of rotatable bonds is 1. The Morgan fingerprint density at radius 2 is 2.28 bits per heavy atom. The van der Waals surface area contributed by atoms with Crippen LogP contribution < -0.4 is 0 Å². The monoisotopic (exact) mass is 244 g/mol. The third-order valence-corrected chi connectivity index (χ3v) is 4.01. The number of hydrogen-bond donors (Lipinski definition) is 1. The van der Waals surface area contributed by atoms with Crippen molar-refractivity contribution in [2.24, 2.45) is 0 Å². The number of aliphatic hydroxyl groups is 1. The Labute approximate surface area is 105 Å². The summed E-state index contributed by atoms with van der Waals surface area (Å²) in [5.74, 6) is 0.596. The molecule has 1 aliphatic rings. The maximum absolute atomic E-state index is 12.0. The quantitative estimate of drug-likeness (QED) is 0.837. The first-order chi connectivity index (χ1) is 8.63. The van der Waals surface area contributed by atoms with E-state index in [2.05, 4.69) is 6.92 Å². The van der Waals surface area contributed by atoms with E-state index in [0.717, 1.165) is 34.1 Å². The molecule has 0 radical (unpaired) electrons. The normalized spacial score (nSPS) is 19.3. The van der Waals surface area contributed by atoms with Gasteiger partial charge in [0.05, 0.1) is 12.9 Å². The molecule has 1 atom stereocenters. The van der Waals surface area contributed by atoms with Crippen molar-refractivity contribution in [3.8, 4) is 0 Å². The predicted molar refractivity (Wildman–Crippen MR) is 68.9 cm³/mol. The number of furan rings is 1. The smallest absolute Gasteiger partial charge is 0.163 e. The Kier molecular flexibility index (Phi) is 2.52. The molecule has 0 spiro atoms. The zero-order valence-corrected chi connectivity index (χ0v) is 10.6. The minimum Gasteiger partial charge on any atom is -0.464 e. The number of hydrogen-bond acceptors (Lipinski definition) is 3. The highest BCUT2D eigenvalue weighted by Gasteiger charge is 2.27. The topological polar surface area (TPSA) is 50.4 Å². The number of benzene rings is 1. The molecule has 18 heavy (non-hydrogen) atoms. The molecule has 3 rings (SSSR count). The Morgan fingerprint density at radius 3 is 3.00 bits per heavy atom. The van der Waals surface area contributed by atoms with E-state index < -0.39 is 0 Å². The molecular weight excluding hydrogens is 228 g/mol. The van der Waals surface area contributed by atoms with Gasteiger partial charge >= 0.3 is 0 Å². The highest BCUT2D eigenvalue weighted by atomic mass is 16.3. The Hall–Kier alpha value is -1.61. The number of fused-ring (bicyclic) bond motifs is 2. The van der Waals surface area contributed by atoms with Gasteiger partial charge in [-0.25, -0.2) is 0 Å². The molecular formula is C15H16O3. The Bertz CT molecular complexity index is 637. The van der Waals surface area contributed by atoms with Crippen LogP contribution in [0.15, 0.2) is 16.7 Å². The Morgan fingerprint density at radius 1 is 1.50 bits per heavy atom. The first kappa shape index (κ1) is 11.5. The van der Waals surface area contributed by atoms with Crippen LogP contribution in [0.4, 0.5) is 0 Å². The van der Waals surface area contributed by atoms with Gasteiger partial charge < -0.3 is 9.52 Å². The van der Waals surface area contributed by atoms with E-state index >= 15 is 0 Å². The molecule has 1 aliphatic carbocycles. The lowest BCUT2D eigenvalue weighted by atomic mass is 9.79. The minimum absolute atomic E-state index is 0.0328. The summed E-state index contributed by atoms with van der Waals surface area (Å²) in [7, 11) is 0. The van der Waals surface area contributed by atoms with Crippen molar-refractivity contribution >= 4 is 16.8 Å². The van der Waals surface area contributed by atoms with Crippen molar-refractivity contribution in [3.05, 3.63) is 34.6 Å². The number of carbonyl (C=O) groups excluding carboxylic acids is 1. The van der Waals surface area contributed by atoms with Gasteiger partial charge in [-0.1, -0.05) is 6.92 Å². The van der Waals surface area contributed by atoms with Gasteiger partial charge in [0.15, 0.2) is 5.78 Å². The number of aliphatic hydroxyl groups excluding tert-OH is 1. The fourth-order valence-electron chi connectivity index (χ4n) is 3.10. The molecule has 2 aromatic rings. The maximum atomic E-state index is 12.0. The molecule has 1 aromatic heterocycles. The fourth-order valence-corrected chi connectivity index (χ4v) is 3.10. The molecule has 0 amide bonds. The van der Waals surface area contributed by atoms with Crippen LogP contribution in [0.5, 0.6) is 0 Å². The lowest BCUT2D eigenvalue weighted by Gasteiger charge is -2.23. The second-order valence-electron chi connectivity index (χ2n) is 5.12. The molecule has 0 unspecified atom stereocenters. The molecule has 0 saturated heterocycles. The van der Waals surface area contributed by atoms with E-state index in [-0.39, 0.29) is 12.4 Å². The largest absolute Gasteiger partial charge is 0.464 e. The minimum atomic E-state index is -0.0328. The molecule has 1 N–H and O–H groups in total. The molecule has 0 fully saturated rings. The van der Waals surface area contributed by atoms with Crippen molar-refractivity contribution in [1.29, 1.82) is 0 Å². The van der Waals surface area contributed by atoms with Gasteiger partial charge in [0.2, 0.25) is 0 Å². The average molecular weight is 244 g/mol. The van der Waals surface area contributed by atoms with E-state index in [9.17, 15) is 9.90 Å². The van der Waals surface area contributed by atoms with E-state index in [0.29, 0.717) is 17.9 Å². The maximum Gasteiger partial charge on any atom is 0.163 e. The van der Waals surface area contributed by atoms with Crippen LogP contribution in [0.1, 0.15) is 52.7 Å². The van der Waals surface area contributed by atoms with Crippen LogP contribution in [0, 0.1) is 6.92 Å². The number of ketones is 1. The van der Waals surface area contributed by atoms with Crippen molar-refractivity contribution < 1.29 is 14.3 Å². The van der Waals surface area contributed by atoms with Crippen LogP contribution in [0.25, 0.3) is 11.0 Å². The van der Waals surface area contributed by atoms with Gasteiger partial charge in [0.1, 0.15) is 5.58 Å². The lowest BCUT2D eigenvalue weighted by Crippen LogP contribution is -2.15. The summed E-state index contributed by atoms with van der Waals surface area (Å²) in [4.78, 5) is 12.0. The van der Waals surface area contributed by atoms with Crippen molar-refractivity contribution in [3.63, 3.8) is 0 Å². The third-order valence-electron chi connectivity index (χ3n) is 4.01. The lowest BCUT2D eigenvalue weighted by molar-refractivity contribution is 0.0968. The van der Waals surface area contributed by atoms with Crippen LogP contribution in [-0.2, 0) is 6.61 Å². The molecule has 3 nitrogen and oxygen atoms in total. The van der Waals surface area contributed by atoms with E-state index in [1.165, 1.54) is 0 Å². The summed E-state index contributed by atoms with van der Waals surface area (Å²) >= 11 is 0. The first-order valence-electron chi connectivity index (χ1n) is 6.31. The van der Waals surface area contributed by atoms with Gasteiger partial charge in [0, 0.05) is 22.9 Å². The predicted octanol–water partition coefficient (Wildman–Crippen LogP) is 3.31. The number of carbonyl (C=O) groups is 1. The Balaban J connectivity index is 2.39. The second-order valence-corrected chi connectivity index (χ2v) is 5.12. The molecule has 0 aliphatic heterocycles. The molecule has 94 valence electrons. The number of Topliss-reactive ketones (excluding diaryl/α,β-unsaturated/α-hetero) is 1. The summed E-state index contributed by atoms with van der Waals surface area (Å²) in [6.45, 7) is 4.14. The fraction of sp³-hybridized carbons (Fsp3) is 0.400. The zero-order chi connectivity index (χ0) is 12.9. The van der Waals surface area contributed by atoms with E-state index in [4.69, 9.17) is 4.42 Å². The molecule has 0 bridgehead atoms. The van der Waals surface area contributed by atoms with Crippen LogP contribution in [0.3, 0.4) is 0 Å². The van der Waals surface area contributed by atoms with Gasteiger partial charge in [-0.15, -0.1) is 0 Å². The number of aryl methyl sites for hydroxylation is 1. The SMILES string of the molecule is Cc1c2c(cc3occ(CO)c13)C(=O)CC[C@@H]2C. The molecule has 1 heterocycles. The average Bonchev–Trinajstić information content (AvgIpc) is 2.77. The standard InChI is InChI=1S/C15H16O3/c1-8-3-4-12(17)11-5-13-15(9(2)14(8)11)10(6-16)7-18-13/h5,7-8,16H,3-4,6H2,1-2H3/t8-/m0/s1. The van der Waals surface area contributed by atoms with Crippen molar-refractivity contribution in [2.75, 3.05) is 0 Å². The van der Waals surface area contributed by atoms with Crippen LogP contribution in [0.2, 0.25) is 0 Å². The van der Waals surface area contributed by atoms with Crippen LogP contribution in [-0.4, -0.2) is 10.9 Å². The third kappa shape index (κ3) is 1.44. The summed E-state index contributed by atoms with van der Waals surface area (Å²) in [5, 5.41) is 10.3. The van der Waals surface area contributed by atoms with E-state index in [1.807, 2.05) is 13.0 Å². The summed E-state index contributed by atoms with van der Waals surface area (Å²) in [6, 6.07) is 1.84. The summed E-state index contributed by atoms with van der Waals surface area (Å²) in [5.41, 5.74) is 4.53. The molecule has 0 saturated carbocycles. The zero-order valence-electron chi connectivity index (χ0n) is 10.6. The van der Waals surface area contributed by atoms with Gasteiger partial charge in [-0.2, -0.15) is 0 Å². The van der Waals surface area contributed by atoms with Crippen molar-refractivity contribution in [2.45, 2.75) is 39.2 Å². The van der Waals surface area contributed by atoms with Gasteiger partial charge in [-0.3, -0.25) is 4.79 Å². The highest BCUT2D eigenvalue weighted by Crippen LogP contribution is 2.39. The summed E-state index contributed by atoms with van der Waals surface area (Å²) in [6.07, 6.45) is 3.11.